The van der Waals surface area contributed by atoms with Gasteiger partial charge in [-0.1, -0.05) is 35.9 Å². The van der Waals surface area contributed by atoms with Gasteiger partial charge in [0.25, 0.3) is 5.91 Å². The van der Waals surface area contributed by atoms with Crippen LogP contribution in [0.1, 0.15) is 24.0 Å². The average molecular weight is 334 g/mol. The average Bonchev–Trinajstić information content (AvgIpc) is 3.30. The van der Waals surface area contributed by atoms with Crippen molar-refractivity contribution in [1.82, 2.24) is 10.3 Å². The summed E-state index contributed by atoms with van der Waals surface area (Å²) in [5, 5.41) is 4.30. The maximum absolute atomic E-state index is 12.1. The van der Waals surface area contributed by atoms with Crippen LogP contribution >= 0.6 is 0 Å². The fourth-order valence-electron chi connectivity index (χ4n) is 3.30. The smallest absolute Gasteiger partial charge is 0.257 e. The van der Waals surface area contributed by atoms with Crippen LogP contribution in [0.4, 0.5) is 0 Å². The zero-order valence-electron chi connectivity index (χ0n) is 14.3. The fraction of sp³-hybridized carbons (Fsp3) is 0.286. The molecule has 0 aliphatic heterocycles. The number of rotatable bonds is 6. The van der Waals surface area contributed by atoms with Gasteiger partial charge in [0.05, 0.1) is 0 Å². The lowest BCUT2D eigenvalue weighted by Crippen LogP contribution is -2.35. The number of benzene rings is 2. The summed E-state index contributed by atoms with van der Waals surface area (Å²) in [7, 11) is 0. The molecule has 128 valence electrons. The van der Waals surface area contributed by atoms with Crippen molar-refractivity contribution in [3.05, 3.63) is 65.9 Å². The van der Waals surface area contributed by atoms with Gasteiger partial charge in [0.15, 0.2) is 6.61 Å². The quantitative estimate of drug-likeness (QED) is 0.722. The summed E-state index contributed by atoms with van der Waals surface area (Å²) in [4.78, 5) is 15.5. The van der Waals surface area contributed by atoms with Crippen LogP contribution in [0.5, 0.6) is 5.75 Å². The SMILES string of the molecule is Cc1ccc(OCC(=O)NCC2(c3c[nH]c4ccccc34)CC2)cc1. The summed E-state index contributed by atoms with van der Waals surface area (Å²) in [5.74, 6) is 0.644. The number of nitrogens with one attached hydrogen (secondary N) is 2. The number of aromatic nitrogens is 1. The molecule has 4 heteroatoms. The number of carbonyl (C=O) groups excluding carboxylic acids is 1. The topological polar surface area (TPSA) is 54.1 Å². The lowest BCUT2D eigenvalue weighted by Gasteiger charge is -2.16. The van der Waals surface area contributed by atoms with E-state index in [1.807, 2.05) is 37.3 Å². The first-order chi connectivity index (χ1) is 12.2. The number of aryl methyl sites for hydroxylation is 1. The summed E-state index contributed by atoms with van der Waals surface area (Å²) in [6, 6.07) is 16.0. The Morgan fingerprint density at radius 1 is 1.16 bits per heavy atom. The van der Waals surface area contributed by atoms with E-state index in [2.05, 4.69) is 34.7 Å². The summed E-state index contributed by atoms with van der Waals surface area (Å²) >= 11 is 0. The fourth-order valence-corrected chi connectivity index (χ4v) is 3.30. The highest BCUT2D eigenvalue weighted by Crippen LogP contribution is 2.49. The maximum atomic E-state index is 12.1. The van der Waals surface area contributed by atoms with Gasteiger partial charge in [-0.2, -0.15) is 0 Å². The van der Waals surface area contributed by atoms with Crippen molar-refractivity contribution in [2.24, 2.45) is 0 Å². The van der Waals surface area contributed by atoms with Crippen LogP contribution < -0.4 is 10.1 Å². The molecule has 1 amide bonds. The Bertz CT molecular complexity index is 892. The van der Waals surface area contributed by atoms with E-state index in [1.165, 1.54) is 16.5 Å². The van der Waals surface area contributed by atoms with Crippen molar-refractivity contribution in [3.8, 4) is 5.75 Å². The summed E-state index contributed by atoms with van der Waals surface area (Å²) in [5.41, 5.74) is 3.70. The zero-order valence-corrected chi connectivity index (χ0v) is 14.3. The molecule has 2 aromatic carbocycles. The van der Waals surface area contributed by atoms with E-state index in [1.54, 1.807) is 0 Å². The second kappa shape index (κ2) is 6.28. The zero-order chi connectivity index (χ0) is 17.3. The Morgan fingerprint density at radius 2 is 1.92 bits per heavy atom. The van der Waals surface area contributed by atoms with Gasteiger partial charge in [0.1, 0.15) is 5.75 Å². The van der Waals surface area contributed by atoms with E-state index >= 15 is 0 Å². The molecule has 25 heavy (non-hydrogen) atoms. The molecule has 1 heterocycles. The molecule has 0 radical (unpaired) electrons. The Kier molecular flexibility index (Phi) is 3.96. The molecular formula is C21H22N2O2. The Balaban J connectivity index is 1.36. The van der Waals surface area contributed by atoms with Crippen molar-refractivity contribution < 1.29 is 9.53 Å². The van der Waals surface area contributed by atoms with Gasteiger partial charge < -0.3 is 15.0 Å². The maximum Gasteiger partial charge on any atom is 0.257 e. The first-order valence-corrected chi connectivity index (χ1v) is 8.69. The molecule has 0 bridgehead atoms. The molecule has 4 rings (SSSR count). The van der Waals surface area contributed by atoms with E-state index in [4.69, 9.17) is 4.74 Å². The highest BCUT2D eigenvalue weighted by Gasteiger charge is 2.45. The van der Waals surface area contributed by atoms with Gasteiger partial charge in [0.2, 0.25) is 0 Å². The Hall–Kier alpha value is -2.75. The van der Waals surface area contributed by atoms with Gasteiger partial charge in [-0.15, -0.1) is 0 Å². The standard InChI is InChI=1S/C21H22N2O2/c1-15-6-8-16(9-7-15)25-13-20(24)23-14-21(10-11-21)18-12-22-19-5-3-2-4-17(18)19/h2-9,12,22H,10-11,13-14H2,1H3,(H,23,24). The molecule has 1 aromatic heterocycles. The van der Waals surface area contributed by atoms with Gasteiger partial charge in [-0.25, -0.2) is 0 Å². The number of fused-ring (bicyclic) bond motifs is 1. The number of ether oxygens (including phenoxy) is 1. The minimum absolute atomic E-state index is 0.0486. The van der Waals surface area contributed by atoms with Crippen molar-refractivity contribution >= 4 is 16.8 Å². The van der Waals surface area contributed by atoms with Crippen molar-refractivity contribution in [2.75, 3.05) is 13.2 Å². The van der Waals surface area contributed by atoms with Crippen molar-refractivity contribution in [3.63, 3.8) is 0 Å². The van der Waals surface area contributed by atoms with E-state index in [0.717, 1.165) is 24.1 Å². The third-order valence-corrected chi connectivity index (χ3v) is 5.03. The molecule has 1 aliphatic carbocycles. The second-order valence-corrected chi connectivity index (χ2v) is 6.91. The van der Waals surface area contributed by atoms with Crippen molar-refractivity contribution in [1.29, 1.82) is 0 Å². The molecule has 3 aromatic rings. The number of aromatic amines is 1. The highest BCUT2D eigenvalue weighted by molar-refractivity contribution is 5.85. The molecule has 0 saturated heterocycles. The molecular weight excluding hydrogens is 312 g/mol. The van der Waals surface area contributed by atoms with Crippen molar-refractivity contribution in [2.45, 2.75) is 25.2 Å². The van der Waals surface area contributed by atoms with Crippen LogP contribution in [0.15, 0.2) is 54.7 Å². The normalized spacial score (nSPS) is 15.1. The molecule has 0 atom stereocenters. The number of carbonyl (C=O) groups is 1. The third-order valence-electron chi connectivity index (χ3n) is 5.03. The predicted octanol–water partition coefficient (Wildman–Crippen LogP) is 3.70. The molecule has 1 saturated carbocycles. The van der Waals surface area contributed by atoms with Crippen LogP contribution in [-0.2, 0) is 10.2 Å². The molecule has 4 nitrogen and oxygen atoms in total. The van der Waals surface area contributed by atoms with E-state index in [-0.39, 0.29) is 17.9 Å². The van der Waals surface area contributed by atoms with E-state index < -0.39 is 0 Å². The predicted molar refractivity (Wildman–Crippen MR) is 98.9 cm³/mol. The molecule has 0 unspecified atom stereocenters. The number of hydrogen-bond donors (Lipinski definition) is 2. The first kappa shape index (κ1) is 15.8. The molecule has 1 fully saturated rings. The Morgan fingerprint density at radius 3 is 2.68 bits per heavy atom. The van der Waals surface area contributed by atoms with Crippen LogP contribution in [0, 0.1) is 6.92 Å². The van der Waals surface area contributed by atoms with Crippen LogP contribution in [0.2, 0.25) is 0 Å². The van der Waals surface area contributed by atoms with Gasteiger partial charge >= 0.3 is 0 Å². The van der Waals surface area contributed by atoms with Gasteiger partial charge in [-0.05, 0) is 43.5 Å². The number of H-pyrrole nitrogens is 1. The number of hydrogen-bond acceptors (Lipinski definition) is 2. The summed E-state index contributed by atoms with van der Waals surface area (Å²) in [6.07, 6.45) is 4.30. The monoisotopic (exact) mass is 334 g/mol. The minimum atomic E-state index is -0.0771. The summed E-state index contributed by atoms with van der Waals surface area (Å²) < 4.78 is 5.55. The van der Waals surface area contributed by atoms with E-state index in [0.29, 0.717) is 6.54 Å². The molecule has 1 aliphatic rings. The van der Waals surface area contributed by atoms with Crippen LogP contribution in [-0.4, -0.2) is 24.0 Å². The molecule has 0 spiro atoms. The van der Waals surface area contributed by atoms with Gasteiger partial charge in [-0.3, -0.25) is 4.79 Å². The number of amides is 1. The minimum Gasteiger partial charge on any atom is -0.484 e. The Labute approximate surface area is 147 Å². The highest BCUT2D eigenvalue weighted by atomic mass is 16.5. The van der Waals surface area contributed by atoms with E-state index in [9.17, 15) is 4.79 Å². The third kappa shape index (κ3) is 3.25. The van der Waals surface area contributed by atoms with Gasteiger partial charge in [0, 0.05) is 29.1 Å². The van der Waals surface area contributed by atoms with Crippen LogP contribution in [0.3, 0.4) is 0 Å². The first-order valence-electron chi connectivity index (χ1n) is 8.69. The lowest BCUT2D eigenvalue weighted by atomic mass is 9.95. The lowest BCUT2D eigenvalue weighted by molar-refractivity contribution is -0.123. The second-order valence-electron chi connectivity index (χ2n) is 6.91. The van der Waals surface area contributed by atoms with Crippen LogP contribution in [0.25, 0.3) is 10.9 Å². The number of para-hydroxylation sites is 1. The summed E-state index contributed by atoms with van der Waals surface area (Å²) in [6.45, 7) is 2.73. The molecule has 2 N–H and O–H groups in total. The largest absolute Gasteiger partial charge is 0.484 e.